The molecule has 0 unspecified atom stereocenters. The molecule has 6 rings (SSSR count). The molecule has 0 spiro atoms. The number of likely N-dealkylation sites (tertiary alicyclic amines) is 1. The molecule has 2 aromatic heterocycles. The Kier molecular flexibility index (Phi) is 8.02. The summed E-state index contributed by atoms with van der Waals surface area (Å²) in [5.41, 5.74) is 5.41. The molecule has 43 heavy (non-hydrogen) atoms. The number of rotatable bonds is 4. The number of anilines is 6. The van der Waals surface area contributed by atoms with Crippen molar-refractivity contribution in [1.82, 2.24) is 19.9 Å². The molecule has 12 heteroatoms. The number of nitriles is 1. The topological polar surface area (TPSA) is 148 Å². The molecular weight excluding hydrogens is 566 g/mol. The fourth-order valence-electron chi connectivity index (χ4n) is 5.23. The standard InChI is InChI=1S/C31H28ClN9O2/c32-26-17-35-30-37-25-11-20(15-34-16-25)1-4-22-13-24(36-29(26)40-30)7-8-27(22)39-28(42)12-21-9-10-41(18-21)31(43)38-23-5-2-19(14-33)3-6-23/h2-3,5-8,11,13,15-17,21H,1,4,9-10,12,18H2,(H,38,43)(H,39,42)(H2,35,36,37,40)/t21-/m1/s1. The highest BCUT2D eigenvalue weighted by Crippen LogP contribution is 2.30. The second-order valence-corrected chi connectivity index (χ2v) is 11.0. The van der Waals surface area contributed by atoms with Gasteiger partial charge in [-0.2, -0.15) is 10.2 Å². The predicted molar refractivity (Wildman–Crippen MR) is 165 cm³/mol. The van der Waals surface area contributed by atoms with E-state index in [0.29, 0.717) is 60.4 Å². The van der Waals surface area contributed by atoms with Crippen LogP contribution in [0, 0.1) is 17.2 Å². The van der Waals surface area contributed by atoms with Gasteiger partial charge in [-0.3, -0.25) is 9.78 Å². The lowest BCUT2D eigenvalue weighted by Crippen LogP contribution is -2.33. The molecule has 0 radical (unpaired) electrons. The maximum atomic E-state index is 13.2. The van der Waals surface area contributed by atoms with E-state index in [-0.39, 0.29) is 17.9 Å². The van der Waals surface area contributed by atoms with Crippen molar-refractivity contribution < 1.29 is 9.59 Å². The Balaban J connectivity index is 1.12. The first-order valence-corrected chi connectivity index (χ1v) is 14.3. The van der Waals surface area contributed by atoms with Gasteiger partial charge in [0.2, 0.25) is 11.9 Å². The van der Waals surface area contributed by atoms with E-state index in [2.05, 4.69) is 42.3 Å². The number of hydrogen-bond donors (Lipinski definition) is 4. The van der Waals surface area contributed by atoms with Crippen LogP contribution in [0.25, 0.3) is 0 Å². The monoisotopic (exact) mass is 593 g/mol. The van der Waals surface area contributed by atoms with Crippen molar-refractivity contribution in [2.45, 2.75) is 25.7 Å². The molecule has 1 fully saturated rings. The van der Waals surface area contributed by atoms with Gasteiger partial charge in [-0.15, -0.1) is 0 Å². The minimum Gasteiger partial charge on any atom is -0.339 e. The highest BCUT2D eigenvalue weighted by atomic mass is 35.5. The van der Waals surface area contributed by atoms with Gasteiger partial charge in [0, 0.05) is 42.8 Å². The zero-order chi connectivity index (χ0) is 29.8. The number of benzene rings is 2. The van der Waals surface area contributed by atoms with E-state index in [1.54, 1.807) is 35.4 Å². The van der Waals surface area contributed by atoms with Gasteiger partial charge >= 0.3 is 6.03 Å². The number of carbonyl (C=O) groups excluding carboxylic acids is 2. The van der Waals surface area contributed by atoms with Crippen LogP contribution in [-0.2, 0) is 17.6 Å². The minimum absolute atomic E-state index is 0.0492. The Morgan fingerprint density at radius 2 is 1.88 bits per heavy atom. The van der Waals surface area contributed by atoms with Crippen molar-refractivity contribution >= 4 is 58.1 Å². The zero-order valence-corrected chi connectivity index (χ0v) is 23.9. The summed E-state index contributed by atoms with van der Waals surface area (Å²) in [5, 5.41) is 21.7. The smallest absolute Gasteiger partial charge is 0.321 e. The van der Waals surface area contributed by atoms with Crippen LogP contribution < -0.4 is 21.3 Å². The highest BCUT2D eigenvalue weighted by molar-refractivity contribution is 6.32. The van der Waals surface area contributed by atoms with Gasteiger partial charge in [0.25, 0.3) is 0 Å². The Morgan fingerprint density at radius 1 is 1.02 bits per heavy atom. The fraction of sp³-hybridized carbons (Fsp3) is 0.226. The average molecular weight is 594 g/mol. The van der Waals surface area contributed by atoms with E-state index < -0.39 is 0 Å². The van der Waals surface area contributed by atoms with Crippen molar-refractivity contribution in [3.8, 4) is 6.07 Å². The third-order valence-corrected chi connectivity index (χ3v) is 7.71. The summed E-state index contributed by atoms with van der Waals surface area (Å²) < 4.78 is 0. The second kappa shape index (κ2) is 12.3. The van der Waals surface area contributed by atoms with E-state index in [4.69, 9.17) is 16.9 Å². The first-order chi connectivity index (χ1) is 20.9. The van der Waals surface area contributed by atoms with Gasteiger partial charge in [-0.1, -0.05) is 11.6 Å². The summed E-state index contributed by atoms with van der Waals surface area (Å²) in [5.74, 6) is 0.800. The Bertz CT molecular complexity index is 1720. The number of halogens is 1. The summed E-state index contributed by atoms with van der Waals surface area (Å²) >= 11 is 6.37. The zero-order valence-electron chi connectivity index (χ0n) is 23.1. The Hall–Kier alpha value is -5.21. The molecule has 1 saturated heterocycles. The summed E-state index contributed by atoms with van der Waals surface area (Å²) in [6.07, 6.45) is 7.48. The molecule has 6 bridgehead atoms. The molecule has 216 valence electrons. The van der Waals surface area contributed by atoms with E-state index in [9.17, 15) is 9.59 Å². The predicted octanol–water partition coefficient (Wildman–Crippen LogP) is 5.87. The van der Waals surface area contributed by atoms with Crippen molar-refractivity contribution in [3.63, 3.8) is 0 Å². The summed E-state index contributed by atoms with van der Waals surface area (Å²) in [6.45, 7) is 1.06. The lowest BCUT2D eigenvalue weighted by Gasteiger charge is -2.18. The molecule has 4 N–H and O–H groups in total. The van der Waals surface area contributed by atoms with Crippen LogP contribution in [0.15, 0.2) is 67.1 Å². The van der Waals surface area contributed by atoms with Crippen molar-refractivity contribution in [2.75, 3.05) is 34.4 Å². The molecule has 2 aliphatic rings. The maximum absolute atomic E-state index is 13.2. The van der Waals surface area contributed by atoms with Gasteiger partial charge in [0.05, 0.1) is 29.7 Å². The quantitative estimate of drug-likeness (QED) is 0.230. The van der Waals surface area contributed by atoms with Crippen LogP contribution in [-0.4, -0.2) is 44.9 Å². The van der Waals surface area contributed by atoms with Gasteiger partial charge in [-0.25, -0.2) is 9.78 Å². The third-order valence-electron chi connectivity index (χ3n) is 7.43. The van der Waals surface area contributed by atoms with Crippen molar-refractivity contribution in [1.29, 1.82) is 5.26 Å². The number of nitrogens with one attached hydrogen (secondary N) is 4. The van der Waals surface area contributed by atoms with Crippen LogP contribution in [0.5, 0.6) is 0 Å². The molecule has 1 atom stereocenters. The molecular formula is C31H28ClN9O2. The number of fused-ring (bicyclic) bond motifs is 6. The Labute approximate surface area is 253 Å². The van der Waals surface area contributed by atoms with Crippen LogP contribution in [0.1, 0.15) is 29.5 Å². The molecule has 2 aliphatic heterocycles. The Morgan fingerprint density at radius 3 is 2.72 bits per heavy atom. The number of aryl methyl sites for hydroxylation is 2. The van der Waals surface area contributed by atoms with Gasteiger partial charge in [0.1, 0.15) is 5.02 Å². The van der Waals surface area contributed by atoms with E-state index in [0.717, 1.165) is 34.6 Å². The number of pyridine rings is 1. The number of aromatic nitrogens is 3. The molecule has 4 aromatic rings. The van der Waals surface area contributed by atoms with Crippen molar-refractivity contribution in [2.24, 2.45) is 5.92 Å². The van der Waals surface area contributed by atoms with E-state index >= 15 is 0 Å². The van der Waals surface area contributed by atoms with Crippen LogP contribution in [0.2, 0.25) is 5.02 Å². The van der Waals surface area contributed by atoms with Crippen LogP contribution >= 0.6 is 11.6 Å². The lowest BCUT2D eigenvalue weighted by atomic mass is 10.0. The first-order valence-electron chi connectivity index (χ1n) is 13.9. The summed E-state index contributed by atoms with van der Waals surface area (Å²) in [7, 11) is 0. The summed E-state index contributed by atoms with van der Waals surface area (Å²) in [4.78, 5) is 40.8. The fourth-order valence-corrected chi connectivity index (χ4v) is 5.37. The minimum atomic E-state index is -0.216. The number of amides is 3. The van der Waals surface area contributed by atoms with Crippen LogP contribution in [0.3, 0.4) is 0 Å². The summed E-state index contributed by atoms with van der Waals surface area (Å²) in [6, 6.07) is 16.3. The van der Waals surface area contributed by atoms with Crippen LogP contribution in [0.4, 0.5) is 39.3 Å². The second-order valence-electron chi connectivity index (χ2n) is 10.6. The third kappa shape index (κ3) is 6.82. The van der Waals surface area contributed by atoms with Gasteiger partial charge in [-0.05, 0) is 84.8 Å². The molecule has 0 aliphatic carbocycles. The van der Waals surface area contributed by atoms with Crippen molar-refractivity contribution in [3.05, 3.63) is 88.8 Å². The normalized spacial score (nSPS) is 15.4. The lowest BCUT2D eigenvalue weighted by molar-refractivity contribution is -0.117. The number of carbonyl (C=O) groups is 2. The van der Waals surface area contributed by atoms with Gasteiger partial charge in [0.15, 0.2) is 5.82 Å². The number of urea groups is 1. The first kappa shape index (κ1) is 27.9. The molecule has 11 nitrogen and oxygen atoms in total. The van der Waals surface area contributed by atoms with E-state index in [1.165, 1.54) is 6.20 Å². The number of hydrogen-bond acceptors (Lipinski definition) is 8. The van der Waals surface area contributed by atoms with E-state index in [1.807, 2.05) is 30.5 Å². The average Bonchev–Trinajstić information content (AvgIpc) is 3.47. The molecule has 4 heterocycles. The van der Waals surface area contributed by atoms with Gasteiger partial charge < -0.3 is 26.2 Å². The maximum Gasteiger partial charge on any atom is 0.321 e. The molecule has 0 saturated carbocycles. The largest absolute Gasteiger partial charge is 0.339 e. The molecule has 3 amide bonds. The molecule has 2 aromatic carbocycles. The highest BCUT2D eigenvalue weighted by Gasteiger charge is 2.28. The number of nitrogens with zero attached hydrogens (tertiary/aromatic N) is 5. The SMILES string of the molecule is N#Cc1ccc(NC(=O)N2CC[C@H](CC(=O)Nc3ccc4cc3CCc3cncc(c3)Nc3ncc(Cl)c(n3)N4)C2)cc1.